The largest absolute Gasteiger partial charge is 0.384 e. The smallest absolute Gasteiger partial charge is 0.0372 e. The minimum Gasteiger partial charge on any atom is -0.384 e. The lowest BCUT2D eigenvalue weighted by atomic mass is 9.87. The zero-order valence-electron chi connectivity index (χ0n) is 12.2. The first kappa shape index (κ1) is 13.0. The summed E-state index contributed by atoms with van der Waals surface area (Å²) in [5.41, 5.74) is 2.84. The second kappa shape index (κ2) is 5.54. The van der Waals surface area contributed by atoms with Crippen molar-refractivity contribution in [2.75, 3.05) is 31.5 Å². The van der Waals surface area contributed by atoms with Crippen LogP contribution in [0.1, 0.15) is 25.8 Å². The van der Waals surface area contributed by atoms with Crippen LogP contribution in [0.2, 0.25) is 0 Å². The number of nitrogens with zero attached hydrogens (tertiary/aromatic N) is 1. The van der Waals surface area contributed by atoms with Crippen LogP contribution in [0.15, 0.2) is 24.3 Å². The van der Waals surface area contributed by atoms with E-state index in [-0.39, 0.29) is 0 Å². The number of rotatable bonds is 2. The average molecular weight is 258 g/mol. The molecule has 1 N–H and O–H groups in total. The van der Waals surface area contributed by atoms with Gasteiger partial charge in [0.2, 0.25) is 0 Å². The standard InChI is InChI=1S/C17H26N2/c1-13-7-8-19(11-14(13)2)12-15-9-16-5-3-4-6-17(16)18-10-15/h3-6,13-15,18H,7-12H2,1-2H3. The molecule has 3 atom stereocenters. The van der Waals surface area contributed by atoms with Gasteiger partial charge in [0.25, 0.3) is 0 Å². The van der Waals surface area contributed by atoms with Crippen molar-refractivity contribution < 1.29 is 0 Å². The van der Waals surface area contributed by atoms with Crippen molar-refractivity contribution in [3.63, 3.8) is 0 Å². The number of benzene rings is 1. The number of nitrogens with one attached hydrogen (secondary N) is 1. The van der Waals surface area contributed by atoms with E-state index in [0.717, 1.165) is 24.3 Å². The van der Waals surface area contributed by atoms with Gasteiger partial charge < -0.3 is 10.2 Å². The van der Waals surface area contributed by atoms with Crippen LogP contribution in [0.25, 0.3) is 0 Å². The summed E-state index contributed by atoms with van der Waals surface area (Å²) in [6.45, 7) is 9.80. The maximum atomic E-state index is 3.60. The molecule has 3 unspecified atom stereocenters. The summed E-state index contributed by atoms with van der Waals surface area (Å²) < 4.78 is 0. The van der Waals surface area contributed by atoms with E-state index in [9.17, 15) is 0 Å². The van der Waals surface area contributed by atoms with Gasteiger partial charge in [-0.2, -0.15) is 0 Å². The highest BCUT2D eigenvalue weighted by atomic mass is 15.1. The first-order chi connectivity index (χ1) is 9.22. The molecule has 0 bridgehead atoms. The van der Waals surface area contributed by atoms with Gasteiger partial charge in [0.15, 0.2) is 0 Å². The first-order valence-electron chi connectivity index (χ1n) is 7.76. The molecule has 1 fully saturated rings. The molecule has 19 heavy (non-hydrogen) atoms. The van der Waals surface area contributed by atoms with Crippen molar-refractivity contribution in [3.8, 4) is 0 Å². The molecule has 2 nitrogen and oxygen atoms in total. The summed E-state index contributed by atoms with van der Waals surface area (Å²) in [6, 6.07) is 8.76. The minimum absolute atomic E-state index is 0.774. The SMILES string of the molecule is CC1CCN(CC2CNc3ccccc3C2)CC1C. The van der Waals surface area contributed by atoms with Crippen LogP contribution in [-0.4, -0.2) is 31.1 Å². The molecule has 0 saturated carbocycles. The summed E-state index contributed by atoms with van der Waals surface area (Å²) in [4.78, 5) is 2.69. The fourth-order valence-corrected chi connectivity index (χ4v) is 3.52. The van der Waals surface area contributed by atoms with E-state index in [0.29, 0.717) is 0 Å². The molecule has 1 aromatic rings. The molecule has 1 aromatic carbocycles. The predicted octanol–water partition coefficient (Wildman–Crippen LogP) is 3.25. The summed E-state index contributed by atoms with van der Waals surface area (Å²) in [5.74, 6) is 2.54. The van der Waals surface area contributed by atoms with Crippen LogP contribution in [0.3, 0.4) is 0 Å². The van der Waals surface area contributed by atoms with E-state index in [2.05, 4.69) is 48.3 Å². The van der Waals surface area contributed by atoms with E-state index in [1.807, 2.05) is 0 Å². The van der Waals surface area contributed by atoms with Crippen LogP contribution in [0, 0.1) is 17.8 Å². The normalized spacial score (nSPS) is 31.6. The highest BCUT2D eigenvalue weighted by molar-refractivity contribution is 5.53. The van der Waals surface area contributed by atoms with Crippen molar-refractivity contribution in [2.24, 2.45) is 17.8 Å². The summed E-state index contributed by atoms with van der Waals surface area (Å²) >= 11 is 0. The molecule has 0 radical (unpaired) electrons. The van der Waals surface area contributed by atoms with Gasteiger partial charge in [0.1, 0.15) is 0 Å². The quantitative estimate of drug-likeness (QED) is 0.876. The lowest BCUT2D eigenvalue weighted by molar-refractivity contribution is 0.122. The summed E-state index contributed by atoms with van der Waals surface area (Å²) in [5, 5.41) is 3.60. The third-order valence-electron chi connectivity index (χ3n) is 5.04. The van der Waals surface area contributed by atoms with Gasteiger partial charge >= 0.3 is 0 Å². The number of piperidine rings is 1. The number of hydrogen-bond donors (Lipinski definition) is 1. The van der Waals surface area contributed by atoms with Gasteiger partial charge in [-0.3, -0.25) is 0 Å². The Hall–Kier alpha value is -1.02. The Morgan fingerprint density at radius 1 is 1.21 bits per heavy atom. The molecule has 0 aromatic heterocycles. The minimum atomic E-state index is 0.774. The van der Waals surface area contributed by atoms with Crippen LogP contribution in [-0.2, 0) is 6.42 Å². The molecule has 104 valence electrons. The molecule has 0 aliphatic carbocycles. The fraction of sp³-hybridized carbons (Fsp3) is 0.647. The van der Waals surface area contributed by atoms with E-state index in [1.54, 1.807) is 0 Å². The van der Waals surface area contributed by atoms with Gasteiger partial charge in [-0.05, 0) is 48.8 Å². The van der Waals surface area contributed by atoms with E-state index >= 15 is 0 Å². The van der Waals surface area contributed by atoms with E-state index in [1.165, 1.54) is 43.7 Å². The summed E-state index contributed by atoms with van der Waals surface area (Å²) in [7, 11) is 0. The van der Waals surface area contributed by atoms with Gasteiger partial charge in [0, 0.05) is 25.3 Å². The number of hydrogen-bond acceptors (Lipinski definition) is 2. The van der Waals surface area contributed by atoms with Gasteiger partial charge in [0.05, 0.1) is 0 Å². The average Bonchev–Trinajstić information content (AvgIpc) is 2.43. The highest BCUT2D eigenvalue weighted by Gasteiger charge is 2.26. The molecule has 0 spiro atoms. The number of fused-ring (bicyclic) bond motifs is 1. The second-order valence-electron chi connectivity index (χ2n) is 6.61. The molecule has 2 aliphatic rings. The zero-order valence-corrected chi connectivity index (χ0v) is 12.2. The topological polar surface area (TPSA) is 15.3 Å². The van der Waals surface area contributed by atoms with E-state index in [4.69, 9.17) is 0 Å². The van der Waals surface area contributed by atoms with Gasteiger partial charge in [-0.15, -0.1) is 0 Å². The van der Waals surface area contributed by atoms with Gasteiger partial charge in [-0.25, -0.2) is 0 Å². The van der Waals surface area contributed by atoms with Crippen LogP contribution in [0.5, 0.6) is 0 Å². The second-order valence-corrected chi connectivity index (χ2v) is 6.61. The Kier molecular flexibility index (Phi) is 3.79. The molecule has 0 amide bonds. The number of likely N-dealkylation sites (tertiary alicyclic amines) is 1. The van der Waals surface area contributed by atoms with Crippen LogP contribution >= 0.6 is 0 Å². The Morgan fingerprint density at radius 3 is 2.89 bits per heavy atom. The molecular weight excluding hydrogens is 232 g/mol. The number of para-hydroxylation sites is 1. The molecule has 1 saturated heterocycles. The van der Waals surface area contributed by atoms with Crippen LogP contribution < -0.4 is 5.32 Å². The fourth-order valence-electron chi connectivity index (χ4n) is 3.52. The van der Waals surface area contributed by atoms with Crippen LogP contribution in [0.4, 0.5) is 5.69 Å². The maximum absolute atomic E-state index is 3.60. The molecule has 2 heteroatoms. The maximum Gasteiger partial charge on any atom is 0.0372 e. The molecule has 2 heterocycles. The predicted molar refractivity (Wildman–Crippen MR) is 81.5 cm³/mol. The van der Waals surface area contributed by atoms with Crippen molar-refractivity contribution >= 4 is 5.69 Å². The first-order valence-corrected chi connectivity index (χ1v) is 7.76. The Labute approximate surface area is 117 Å². The Morgan fingerprint density at radius 2 is 2.05 bits per heavy atom. The molecule has 2 aliphatic heterocycles. The van der Waals surface area contributed by atoms with Crippen molar-refractivity contribution in [2.45, 2.75) is 26.7 Å². The third kappa shape index (κ3) is 2.94. The highest BCUT2D eigenvalue weighted by Crippen LogP contribution is 2.27. The summed E-state index contributed by atoms with van der Waals surface area (Å²) in [6.07, 6.45) is 2.61. The lowest BCUT2D eigenvalue weighted by Crippen LogP contribution is -2.43. The van der Waals surface area contributed by atoms with E-state index < -0.39 is 0 Å². The van der Waals surface area contributed by atoms with Crippen molar-refractivity contribution in [3.05, 3.63) is 29.8 Å². The Bertz CT molecular complexity index is 429. The number of anilines is 1. The molecule has 3 rings (SSSR count). The lowest BCUT2D eigenvalue weighted by Gasteiger charge is -2.38. The third-order valence-corrected chi connectivity index (χ3v) is 5.04. The van der Waals surface area contributed by atoms with Crippen molar-refractivity contribution in [1.29, 1.82) is 0 Å². The van der Waals surface area contributed by atoms with Gasteiger partial charge in [-0.1, -0.05) is 32.0 Å². The zero-order chi connectivity index (χ0) is 13.2. The molecular formula is C17H26N2. The van der Waals surface area contributed by atoms with Crippen molar-refractivity contribution in [1.82, 2.24) is 4.90 Å². The Balaban J connectivity index is 1.57. The monoisotopic (exact) mass is 258 g/mol.